The number of hydrogen-bond acceptors (Lipinski definition) is 5. The summed E-state index contributed by atoms with van der Waals surface area (Å²) >= 11 is 6.40. The van der Waals surface area contributed by atoms with E-state index in [9.17, 15) is 4.79 Å². The van der Waals surface area contributed by atoms with Gasteiger partial charge < -0.3 is 18.9 Å². The van der Waals surface area contributed by atoms with Crippen LogP contribution in [0.2, 0.25) is 5.02 Å². The van der Waals surface area contributed by atoms with Gasteiger partial charge in [-0.1, -0.05) is 70.4 Å². The summed E-state index contributed by atoms with van der Waals surface area (Å²) in [5, 5.41) is 2.01. The SMILES string of the molecule is CCCCCCCC(=O)Oc1c(OC(C)C)c(OC(C)C)c(OCCCCCC)c2ccc(Cl)cc12. The predicted octanol–water partition coefficient (Wildman–Crippen LogP) is 9.29. The van der Waals surface area contributed by atoms with Crippen LogP contribution in [0.15, 0.2) is 18.2 Å². The molecule has 5 nitrogen and oxygen atoms in total. The lowest BCUT2D eigenvalue weighted by Gasteiger charge is -2.24. The highest BCUT2D eigenvalue weighted by molar-refractivity contribution is 6.31. The van der Waals surface area contributed by atoms with Crippen molar-refractivity contribution in [3.05, 3.63) is 23.2 Å². The second kappa shape index (κ2) is 15.9. The first-order chi connectivity index (χ1) is 17.3. The van der Waals surface area contributed by atoms with Gasteiger partial charge in [-0.05, 0) is 58.7 Å². The fraction of sp³-hybridized carbons (Fsp3) is 0.633. The molecule has 0 bridgehead atoms. The summed E-state index contributed by atoms with van der Waals surface area (Å²) < 4.78 is 24.8. The van der Waals surface area contributed by atoms with Crippen molar-refractivity contribution in [2.45, 2.75) is 118 Å². The Kier molecular flexibility index (Phi) is 13.3. The Balaban J connectivity index is 2.53. The summed E-state index contributed by atoms with van der Waals surface area (Å²) in [6, 6.07) is 5.51. The van der Waals surface area contributed by atoms with Gasteiger partial charge in [0, 0.05) is 22.2 Å². The van der Waals surface area contributed by atoms with Crippen LogP contribution in [-0.4, -0.2) is 24.8 Å². The van der Waals surface area contributed by atoms with Crippen molar-refractivity contribution < 1.29 is 23.7 Å². The van der Waals surface area contributed by atoms with E-state index >= 15 is 0 Å². The second-order valence-corrected chi connectivity index (χ2v) is 10.3. The molecule has 0 radical (unpaired) electrons. The van der Waals surface area contributed by atoms with Crippen LogP contribution in [0.3, 0.4) is 0 Å². The summed E-state index contributed by atoms with van der Waals surface area (Å²) in [5.74, 6) is 1.51. The van der Waals surface area contributed by atoms with E-state index in [1.807, 2.05) is 39.8 Å². The van der Waals surface area contributed by atoms with Crippen molar-refractivity contribution in [1.29, 1.82) is 0 Å². The Morgan fingerprint density at radius 3 is 1.94 bits per heavy atom. The molecule has 0 N–H and O–H groups in total. The summed E-state index contributed by atoms with van der Waals surface area (Å²) in [6.07, 6.45) is 9.71. The Morgan fingerprint density at radius 2 is 1.33 bits per heavy atom. The maximum atomic E-state index is 12.9. The maximum absolute atomic E-state index is 12.9. The molecule has 0 saturated heterocycles. The summed E-state index contributed by atoms with van der Waals surface area (Å²) in [7, 11) is 0. The van der Waals surface area contributed by atoms with Gasteiger partial charge in [-0.3, -0.25) is 4.79 Å². The summed E-state index contributed by atoms with van der Waals surface area (Å²) in [4.78, 5) is 12.9. The zero-order valence-corrected chi connectivity index (χ0v) is 23.8. The fourth-order valence-corrected chi connectivity index (χ4v) is 4.20. The van der Waals surface area contributed by atoms with Gasteiger partial charge in [-0.2, -0.15) is 0 Å². The minimum Gasteiger partial charge on any atom is -0.489 e. The minimum absolute atomic E-state index is 0.131. The minimum atomic E-state index is -0.287. The third kappa shape index (κ3) is 9.38. The molecule has 0 aromatic heterocycles. The van der Waals surface area contributed by atoms with E-state index in [0.717, 1.165) is 43.9 Å². The first-order valence-corrected chi connectivity index (χ1v) is 14.1. The van der Waals surface area contributed by atoms with Gasteiger partial charge in [0.2, 0.25) is 11.5 Å². The Labute approximate surface area is 222 Å². The van der Waals surface area contributed by atoms with E-state index in [-0.39, 0.29) is 18.2 Å². The third-order valence-electron chi connectivity index (χ3n) is 5.74. The molecule has 202 valence electrons. The predicted molar refractivity (Wildman–Crippen MR) is 149 cm³/mol. The first kappa shape index (κ1) is 30.1. The highest BCUT2D eigenvalue weighted by atomic mass is 35.5. The van der Waals surface area contributed by atoms with E-state index < -0.39 is 0 Å². The Morgan fingerprint density at radius 1 is 0.750 bits per heavy atom. The number of hydrogen-bond donors (Lipinski definition) is 0. The first-order valence-electron chi connectivity index (χ1n) is 13.7. The lowest BCUT2D eigenvalue weighted by molar-refractivity contribution is -0.134. The molecule has 0 atom stereocenters. The summed E-state index contributed by atoms with van der Waals surface area (Å²) in [5.41, 5.74) is 0. The van der Waals surface area contributed by atoms with Crippen molar-refractivity contribution in [2.75, 3.05) is 6.61 Å². The molecule has 2 aromatic rings. The molecule has 0 heterocycles. The molecule has 0 aliphatic carbocycles. The Hall–Kier alpha value is -2.14. The number of carbonyl (C=O) groups excluding carboxylic acids is 1. The van der Waals surface area contributed by atoms with Crippen LogP contribution in [0.25, 0.3) is 10.8 Å². The van der Waals surface area contributed by atoms with Crippen LogP contribution >= 0.6 is 11.6 Å². The van der Waals surface area contributed by atoms with Crippen LogP contribution in [0.1, 0.15) is 106 Å². The number of benzene rings is 2. The number of ether oxygens (including phenoxy) is 4. The second-order valence-electron chi connectivity index (χ2n) is 9.89. The zero-order chi connectivity index (χ0) is 26.5. The van der Waals surface area contributed by atoms with Gasteiger partial charge in [0.25, 0.3) is 0 Å². The lowest BCUT2D eigenvalue weighted by atomic mass is 10.1. The molecule has 0 amide bonds. The van der Waals surface area contributed by atoms with Crippen molar-refractivity contribution in [2.24, 2.45) is 0 Å². The molecule has 2 rings (SSSR count). The average molecular weight is 521 g/mol. The normalized spacial score (nSPS) is 11.4. The maximum Gasteiger partial charge on any atom is 0.311 e. The monoisotopic (exact) mass is 520 g/mol. The van der Waals surface area contributed by atoms with Gasteiger partial charge in [0.05, 0.1) is 18.8 Å². The van der Waals surface area contributed by atoms with Gasteiger partial charge in [-0.15, -0.1) is 0 Å². The highest BCUT2D eigenvalue weighted by Crippen LogP contribution is 2.52. The number of rotatable bonds is 17. The number of unbranched alkanes of at least 4 members (excludes halogenated alkanes) is 7. The molecular weight excluding hydrogens is 476 g/mol. The lowest BCUT2D eigenvalue weighted by Crippen LogP contribution is -2.16. The summed E-state index contributed by atoms with van der Waals surface area (Å²) in [6.45, 7) is 12.7. The van der Waals surface area contributed by atoms with E-state index in [2.05, 4.69) is 13.8 Å². The number of halogens is 1. The third-order valence-corrected chi connectivity index (χ3v) is 5.98. The van der Waals surface area contributed by atoms with E-state index in [4.69, 9.17) is 30.5 Å². The Bertz CT molecular complexity index is 954. The molecule has 2 aromatic carbocycles. The number of esters is 1. The largest absolute Gasteiger partial charge is 0.489 e. The standard InChI is InChI=1S/C30H45ClO5/c1-7-9-11-13-14-16-26(32)36-28-25-20-23(31)17-18-24(25)27(33-19-15-12-10-8-2)29(34-21(3)4)30(28)35-22(5)6/h17-18,20-22H,7-16,19H2,1-6H3. The molecule has 36 heavy (non-hydrogen) atoms. The van der Waals surface area contributed by atoms with Crippen molar-refractivity contribution in [1.82, 2.24) is 0 Å². The molecule has 0 aliphatic rings. The van der Waals surface area contributed by atoms with Crippen LogP contribution in [-0.2, 0) is 4.79 Å². The van der Waals surface area contributed by atoms with E-state index in [1.54, 1.807) is 6.07 Å². The molecular formula is C30H45ClO5. The quantitative estimate of drug-likeness (QED) is 0.118. The van der Waals surface area contributed by atoms with Gasteiger partial charge in [0.1, 0.15) is 0 Å². The van der Waals surface area contributed by atoms with Gasteiger partial charge in [0.15, 0.2) is 11.5 Å². The van der Waals surface area contributed by atoms with E-state index in [1.165, 1.54) is 19.3 Å². The number of carbonyl (C=O) groups is 1. The molecule has 0 unspecified atom stereocenters. The smallest absolute Gasteiger partial charge is 0.311 e. The average Bonchev–Trinajstić information content (AvgIpc) is 2.82. The number of fused-ring (bicyclic) bond motifs is 1. The molecule has 0 fully saturated rings. The fourth-order valence-electron chi connectivity index (χ4n) is 4.02. The van der Waals surface area contributed by atoms with Crippen LogP contribution in [0.5, 0.6) is 23.0 Å². The van der Waals surface area contributed by atoms with Crippen LogP contribution in [0, 0.1) is 0 Å². The molecule has 0 aliphatic heterocycles. The van der Waals surface area contributed by atoms with Crippen LogP contribution < -0.4 is 18.9 Å². The van der Waals surface area contributed by atoms with Crippen LogP contribution in [0.4, 0.5) is 0 Å². The molecule has 6 heteroatoms. The zero-order valence-electron chi connectivity index (χ0n) is 23.1. The topological polar surface area (TPSA) is 54.0 Å². The molecule has 0 spiro atoms. The van der Waals surface area contributed by atoms with Gasteiger partial charge in [-0.25, -0.2) is 0 Å². The van der Waals surface area contributed by atoms with Crippen molar-refractivity contribution in [3.8, 4) is 23.0 Å². The molecule has 0 saturated carbocycles. The van der Waals surface area contributed by atoms with E-state index in [0.29, 0.717) is 46.4 Å². The van der Waals surface area contributed by atoms with Gasteiger partial charge >= 0.3 is 5.97 Å². The highest BCUT2D eigenvalue weighted by Gasteiger charge is 2.28. The van der Waals surface area contributed by atoms with Crippen molar-refractivity contribution in [3.63, 3.8) is 0 Å². The van der Waals surface area contributed by atoms with Crippen molar-refractivity contribution >= 4 is 28.3 Å².